The Hall–Kier alpha value is -2.79. The van der Waals surface area contributed by atoms with Gasteiger partial charge in [0.2, 0.25) is 0 Å². The largest absolute Gasteiger partial charge is 0.487 e. The molecule has 30 heavy (non-hydrogen) atoms. The van der Waals surface area contributed by atoms with E-state index in [-0.39, 0.29) is 11.5 Å². The number of aliphatic hydroxyl groups excluding tert-OH is 1. The zero-order valence-electron chi connectivity index (χ0n) is 17.2. The summed E-state index contributed by atoms with van der Waals surface area (Å²) >= 11 is 0. The number of aliphatic hydroxyl groups is 1. The third kappa shape index (κ3) is 3.27. The SMILES string of the molecule is Cc1c(C(=O)NCCc2ccccc2)oc2ccc3c(c12)C(O)CC1(CCCC1)O3. The van der Waals surface area contributed by atoms with E-state index >= 15 is 0 Å². The summed E-state index contributed by atoms with van der Waals surface area (Å²) in [4.78, 5) is 12.8. The van der Waals surface area contributed by atoms with Gasteiger partial charge in [0.05, 0.1) is 6.10 Å². The van der Waals surface area contributed by atoms with Gasteiger partial charge in [-0.2, -0.15) is 0 Å². The van der Waals surface area contributed by atoms with Crippen molar-refractivity contribution in [3.8, 4) is 5.75 Å². The lowest BCUT2D eigenvalue weighted by atomic mass is 9.85. The second-order valence-electron chi connectivity index (χ2n) is 8.61. The van der Waals surface area contributed by atoms with Crippen molar-refractivity contribution in [3.63, 3.8) is 0 Å². The molecule has 2 aromatic carbocycles. The number of benzene rings is 2. The number of nitrogens with one attached hydrogen (secondary N) is 1. The molecule has 1 aliphatic heterocycles. The van der Waals surface area contributed by atoms with E-state index in [0.29, 0.717) is 24.3 Å². The van der Waals surface area contributed by atoms with E-state index in [1.54, 1.807) is 0 Å². The minimum absolute atomic E-state index is 0.230. The number of rotatable bonds is 4. The minimum atomic E-state index is -0.610. The lowest BCUT2D eigenvalue weighted by Gasteiger charge is -2.38. The van der Waals surface area contributed by atoms with Crippen LogP contribution in [0.1, 0.15) is 65.5 Å². The van der Waals surface area contributed by atoms with Crippen LogP contribution in [0, 0.1) is 6.92 Å². The summed E-state index contributed by atoms with van der Waals surface area (Å²) in [6.45, 7) is 2.41. The fourth-order valence-corrected chi connectivity index (χ4v) is 5.09. The highest BCUT2D eigenvalue weighted by molar-refractivity contribution is 6.00. The normalized spacial score (nSPS) is 19.6. The zero-order valence-corrected chi connectivity index (χ0v) is 17.2. The number of amides is 1. The molecule has 1 atom stereocenters. The highest BCUT2D eigenvalue weighted by atomic mass is 16.5. The standard InChI is InChI=1S/C25H27NO4/c1-16-21-19(29-23(16)24(28)26-14-11-17-7-3-2-4-8-17)9-10-20-22(21)18(27)15-25(30-20)12-5-6-13-25/h2-4,7-10,18,27H,5-6,11-15H2,1H3,(H,26,28). The molecule has 1 unspecified atom stereocenters. The van der Waals surface area contributed by atoms with Crippen LogP contribution < -0.4 is 10.1 Å². The third-order valence-electron chi connectivity index (χ3n) is 6.58. The molecule has 0 radical (unpaired) electrons. The van der Waals surface area contributed by atoms with Gasteiger partial charge in [0.15, 0.2) is 5.76 Å². The van der Waals surface area contributed by atoms with Gasteiger partial charge >= 0.3 is 0 Å². The van der Waals surface area contributed by atoms with E-state index in [4.69, 9.17) is 9.15 Å². The highest BCUT2D eigenvalue weighted by Crippen LogP contribution is 2.50. The van der Waals surface area contributed by atoms with Gasteiger partial charge in [-0.25, -0.2) is 0 Å². The van der Waals surface area contributed by atoms with Crippen LogP contribution in [0.2, 0.25) is 0 Å². The molecule has 5 nitrogen and oxygen atoms in total. The molecule has 1 aromatic heterocycles. The topological polar surface area (TPSA) is 71.7 Å². The van der Waals surface area contributed by atoms with Crippen LogP contribution in [0.5, 0.6) is 5.75 Å². The average Bonchev–Trinajstić information content (AvgIpc) is 3.33. The molecule has 1 amide bonds. The van der Waals surface area contributed by atoms with E-state index in [0.717, 1.165) is 54.4 Å². The average molecular weight is 405 g/mol. The Labute approximate surface area is 176 Å². The second kappa shape index (κ2) is 7.47. The number of hydrogen-bond donors (Lipinski definition) is 2. The Balaban J connectivity index is 1.40. The molecule has 3 aromatic rings. The maximum absolute atomic E-state index is 12.8. The van der Waals surface area contributed by atoms with E-state index in [9.17, 15) is 9.90 Å². The van der Waals surface area contributed by atoms with Crippen LogP contribution in [0.25, 0.3) is 11.0 Å². The Morgan fingerprint density at radius 2 is 1.93 bits per heavy atom. The van der Waals surface area contributed by atoms with Gasteiger partial charge in [-0.3, -0.25) is 4.79 Å². The lowest BCUT2D eigenvalue weighted by molar-refractivity contribution is -0.00845. The summed E-state index contributed by atoms with van der Waals surface area (Å²) in [6.07, 6.45) is 5.01. The molecular formula is C25H27NO4. The fourth-order valence-electron chi connectivity index (χ4n) is 5.09. The first-order chi connectivity index (χ1) is 14.6. The summed E-state index contributed by atoms with van der Waals surface area (Å²) < 4.78 is 12.3. The monoisotopic (exact) mass is 405 g/mol. The molecular weight excluding hydrogens is 378 g/mol. The van der Waals surface area contributed by atoms with Crippen molar-refractivity contribution in [2.24, 2.45) is 0 Å². The molecule has 0 bridgehead atoms. The number of carbonyl (C=O) groups excluding carboxylic acids is 1. The van der Waals surface area contributed by atoms with Crippen LogP contribution in [0.3, 0.4) is 0 Å². The number of aryl methyl sites for hydroxylation is 1. The molecule has 1 spiro atoms. The van der Waals surface area contributed by atoms with E-state index in [2.05, 4.69) is 5.32 Å². The van der Waals surface area contributed by atoms with Crippen LogP contribution in [-0.4, -0.2) is 23.2 Å². The third-order valence-corrected chi connectivity index (χ3v) is 6.58. The predicted molar refractivity (Wildman–Crippen MR) is 115 cm³/mol. The summed E-state index contributed by atoms with van der Waals surface area (Å²) in [6, 6.07) is 13.8. The molecule has 5 heteroatoms. The van der Waals surface area contributed by atoms with Crippen LogP contribution in [-0.2, 0) is 6.42 Å². The number of ether oxygens (including phenoxy) is 1. The van der Waals surface area contributed by atoms with Crippen LogP contribution >= 0.6 is 0 Å². The first-order valence-corrected chi connectivity index (χ1v) is 10.8. The first-order valence-electron chi connectivity index (χ1n) is 10.8. The second-order valence-corrected chi connectivity index (χ2v) is 8.61. The number of furan rings is 1. The summed E-state index contributed by atoms with van der Waals surface area (Å²) in [7, 11) is 0. The molecule has 5 rings (SSSR count). The van der Waals surface area contributed by atoms with Crippen molar-refractivity contribution in [2.45, 2.75) is 57.2 Å². The van der Waals surface area contributed by atoms with Crippen LogP contribution in [0.15, 0.2) is 46.9 Å². The van der Waals surface area contributed by atoms with E-state index < -0.39 is 6.10 Å². The van der Waals surface area contributed by atoms with E-state index in [1.807, 2.05) is 49.4 Å². The van der Waals surface area contributed by atoms with Gasteiger partial charge in [-0.15, -0.1) is 0 Å². The molecule has 1 fully saturated rings. The molecule has 1 aliphatic carbocycles. The fraction of sp³-hybridized carbons (Fsp3) is 0.400. The maximum Gasteiger partial charge on any atom is 0.287 e. The van der Waals surface area contributed by atoms with E-state index in [1.165, 1.54) is 5.56 Å². The van der Waals surface area contributed by atoms with Gasteiger partial charge in [0.1, 0.15) is 16.9 Å². The number of hydrogen-bond acceptors (Lipinski definition) is 4. The van der Waals surface area contributed by atoms with Crippen molar-refractivity contribution < 1.29 is 19.1 Å². The smallest absolute Gasteiger partial charge is 0.287 e. The zero-order chi connectivity index (χ0) is 20.7. The molecule has 156 valence electrons. The molecule has 1 saturated carbocycles. The highest BCUT2D eigenvalue weighted by Gasteiger charge is 2.43. The Morgan fingerprint density at radius 1 is 1.17 bits per heavy atom. The van der Waals surface area contributed by atoms with Crippen molar-refractivity contribution in [2.75, 3.05) is 6.54 Å². The van der Waals surface area contributed by atoms with Gasteiger partial charge in [0, 0.05) is 29.5 Å². The van der Waals surface area contributed by atoms with Crippen LogP contribution in [0.4, 0.5) is 0 Å². The molecule has 2 aliphatic rings. The minimum Gasteiger partial charge on any atom is -0.487 e. The Bertz CT molecular complexity index is 1080. The van der Waals surface area contributed by atoms with Crippen molar-refractivity contribution in [1.29, 1.82) is 0 Å². The quantitative estimate of drug-likeness (QED) is 0.651. The van der Waals surface area contributed by atoms with Gasteiger partial charge in [0.25, 0.3) is 5.91 Å². The van der Waals surface area contributed by atoms with Gasteiger partial charge in [-0.05, 0) is 56.7 Å². The summed E-state index contributed by atoms with van der Waals surface area (Å²) in [5.41, 5.74) is 3.06. The number of carbonyl (C=O) groups is 1. The Kier molecular flexibility index (Phi) is 4.78. The summed E-state index contributed by atoms with van der Waals surface area (Å²) in [5, 5.41) is 14.8. The first kappa shape index (κ1) is 19.2. The van der Waals surface area contributed by atoms with Gasteiger partial charge < -0.3 is 19.6 Å². The van der Waals surface area contributed by atoms with Gasteiger partial charge in [-0.1, -0.05) is 30.3 Å². The van der Waals surface area contributed by atoms with Crippen molar-refractivity contribution >= 4 is 16.9 Å². The molecule has 0 saturated heterocycles. The Morgan fingerprint density at radius 3 is 2.70 bits per heavy atom. The predicted octanol–water partition coefficient (Wildman–Crippen LogP) is 4.84. The molecule has 2 N–H and O–H groups in total. The molecule has 2 heterocycles. The van der Waals surface area contributed by atoms with Crippen molar-refractivity contribution in [1.82, 2.24) is 5.32 Å². The maximum atomic E-state index is 12.8. The lowest BCUT2D eigenvalue weighted by Crippen LogP contribution is -2.38. The number of fused-ring (bicyclic) bond motifs is 3. The van der Waals surface area contributed by atoms with Crippen molar-refractivity contribution in [3.05, 3.63) is 64.9 Å². The summed E-state index contributed by atoms with van der Waals surface area (Å²) in [5.74, 6) is 0.801.